The van der Waals surface area contributed by atoms with Gasteiger partial charge in [-0.2, -0.15) is 0 Å². The number of anilines is 2. The highest BCUT2D eigenvalue weighted by Gasteiger charge is 2.25. The Bertz CT molecular complexity index is 638. The van der Waals surface area contributed by atoms with Gasteiger partial charge in [-0.1, -0.05) is 0 Å². The van der Waals surface area contributed by atoms with E-state index in [9.17, 15) is 24.4 Å². The molecule has 1 unspecified atom stereocenters. The molecular weight excluding hydrogens is 349 g/mol. The standard InChI is InChI=1S/C16H22FN3O6/c1-2-26-16(22)19(10-13(21)11-20(23)24)12-3-4-15(14(17)9-12)18-5-7-25-8-6-18/h3-4,9,13,21H,2,5-8,10-11H2,1H3. The minimum absolute atomic E-state index is 0.0784. The van der Waals surface area contributed by atoms with Crippen molar-refractivity contribution in [3.63, 3.8) is 0 Å². The van der Waals surface area contributed by atoms with E-state index >= 15 is 0 Å². The summed E-state index contributed by atoms with van der Waals surface area (Å²) in [5, 5.41) is 20.3. The number of benzene rings is 1. The summed E-state index contributed by atoms with van der Waals surface area (Å²) in [6.07, 6.45) is -2.22. The van der Waals surface area contributed by atoms with Crippen molar-refractivity contribution in [2.24, 2.45) is 0 Å². The number of carbonyl (C=O) groups excluding carboxylic acids is 1. The smallest absolute Gasteiger partial charge is 0.414 e. The van der Waals surface area contributed by atoms with Crippen molar-refractivity contribution >= 4 is 17.5 Å². The predicted octanol–water partition coefficient (Wildman–Crippen LogP) is 1.26. The monoisotopic (exact) mass is 371 g/mol. The minimum Gasteiger partial charge on any atom is -0.449 e. The van der Waals surface area contributed by atoms with Crippen molar-refractivity contribution in [3.8, 4) is 0 Å². The Hall–Kier alpha value is -2.46. The van der Waals surface area contributed by atoms with Gasteiger partial charge in [-0.3, -0.25) is 15.0 Å². The molecule has 1 fully saturated rings. The minimum atomic E-state index is -1.41. The molecule has 1 N–H and O–H groups in total. The van der Waals surface area contributed by atoms with Crippen LogP contribution in [-0.2, 0) is 9.47 Å². The molecule has 0 radical (unpaired) electrons. The van der Waals surface area contributed by atoms with Crippen molar-refractivity contribution in [1.82, 2.24) is 0 Å². The van der Waals surface area contributed by atoms with E-state index in [1.807, 2.05) is 4.90 Å². The zero-order valence-corrected chi connectivity index (χ0v) is 14.5. The number of aliphatic hydroxyl groups excluding tert-OH is 1. The van der Waals surface area contributed by atoms with Crippen LogP contribution in [0.1, 0.15) is 6.92 Å². The highest BCUT2D eigenvalue weighted by molar-refractivity contribution is 5.88. The first-order valence-corrected chi connectivity index (χ1v) is 8.28. The number of rotatable bonds is 7. The number of hydrogen-bond acceptors (Lipinski definition) is 7. The normalized spacial score (nSPS) is 15.4. The molecule has 1 aliphatic heterocycles. The van der Waals surface area contributed by atoms with Crippen LogP contribution in [0, 0.1) is 15.9 Å². The summed E-state index contributed by atoms with van der Waals surface area (Å²) in [6.45, 7) is 2.69. The Labute approximate surface area is 150 Å². The first-order chi connectivity index (χ1) is 12.4. The maximum Gasteiger partial charge on any atom is 0.414 e. The summed E-state index contributed by atoms with van der Waals surface area (Å²) >= 11 is 0. The van der Waals surface area contributed by atoms with E-state index in [0.717, 1.165) is 11.0 Å². The first kappa shape index (κ1) is 19.9. The fourth-order valence-electron chi connectivity index (χ4n) is 2.65. The third-order valence-electron chi connectivity index (χ3n) is 3.84. The van der Waals surface area contributed by atoms with Gasteiger partial charge in [-0.05, 0) is 25.1 Å². The molecule has 1 heterocycles. The average Bonchev–Trinajstić information content (AvgIpc) is 2.60. The largest absolute Gasteiger partial charge is 0.449 e. The van der Waals surface area contributed by atoms with Crippen LogP contribution in [0.2, 0.25) is 0 Å². The van der Waals surface area contributed by atoms with E-state index < -0.39 is 29.5 Å². The van der Waals surface area contributed by atoms with Gasteiger partial charge in [-0.25, -0.2) is 9.18 Å². The third kappa shape index (κ3) is 5.27. The van der Waals surface area contributed by atoms with Crippen LogP contribution >= 0.6 is 0 Å². The van der Waals surface area contributed by atoms with Crippen molar-refractivity contribution in [1.29, 1.82) is 0 Å². The van der Waals surface area contributed by atoms with Crippen LogP contribution < -0.4 is 9.80 Å². The Balaban J connectivity index is 2.21. The molecule has 10 heteroatoms. The third-order valence-corrected chi connectivity index (χ3v) is 3.84. The predicted molar refractivity (Wildman–Crippen MR) is 91.7 cm³/mol. The number of carbonyl (C=O) groups is 1. The highest BCUT2D eigenvalue weighted by atomic mass is 19.1. The van der Waals surface area contributed by atoms with Gasteiger partial charge in [0.25, 0.3) is 0 Å². The number of ether oxygens (including phenoxy) is 2. The van der Waals surface area contributed by atoms with Crippen LogP contribution in [0.4, 0.5) is 20.6 Å². The number of nitro groups is 1. The topological polar surface area (TPSA) is 105 Å². The zero-order chi connectivity index (χ0) is 19.1. The number of hydrogen-bond donors (Lipinski definition) is 1. The second-order valence-electron chi connectivity index (χ2n) is 5.71. The lowest BCUT2D eigenvalue weighted by atomic mass is 10.2. The molecule has 144 valence electrons. The molecule has 1 aromatic rings. The summed E-state index contributed by atoms with van der Waals surface area (Å²) in [6, 6.07) is 4.20. The molecule has 0 bridgehead atoms. The van der Waals surface area contributed by atoms with Gasteiger partial charge in [0.15, 0.2) is 0 Å². The van der Waals surface area contributed by atoms with Crippen LogP contribution in [0.3, 0.4) is 0 Å². The number of morpholine rings is 1. The first-order valence-electron chi connectivity index (χ1n) is 8.28. The number of halogens is 1. The molecule has 1 amide bonds. The Kier molecular flexibility index (Phi) is 7.10. The Morgan fingerprint density at radius 2 is 2.19 bits per heavy atom. The molecule has 2 rings (SSSR count). The van der Waals surface area contributed by atoms with E-state index in [0.29, 0.717) is 32.0 Å². The number of aliphatic hydroxyl groups is 1. The lowest BCUT2D eigenvalue weighted by Crippen LogP contribution is -2.41. The van der Waals surface area contributed by atoms with Gasteiger partial charge in [0, 0.05) is 18.0 Å². The second kappa shape index (κ2) is 9.30. The van der Waals surface area contributed by atoms with Gasteiger partial charge < -0.3 is 19.5 Å². The van der Waals surface area contributed by atoms with Crippen LogP contribution in [0.25, 0.3) is 0 Å². The molecule has 1 atom stereocenters. The molecule has 9 nitrogen and oxygen atoms in total. The molecular formula is C16H22FN3O6. The average molecular weight is 371 g/mol. The summed E-state index contributed by atoms with van der Waals surface area (Å²) < 4.78 is 24.7. The van der Waals surface area contributed by atoms with Gasteiger partial charge in [0.1, 0.15) is 11.9 Å². The van der Waals surface area contributed by atoms with Gasteiger partial charge in [-0.15, -0.1) is 0 Å². The van der Waals surface area contributed by atoms with Gasteiger partial charge in [0.2, 0.25) is 6.54 Å². The van der Waals surface area contributed by atoms with E-state index in [-0.39, 0.29) is 18.8 Å². The van der Waals surface area contributed by atoms with E-state index in [2.05, 4.69) is 0 Å². The molecule has 0 spiro atoms. The lowest BCUT2D eigenvalue weighted by molar-refractivity contribution is -0.489. The molecule has 26 heavy (non-hydrogen) atoms. The maximum atomic E-state index is 14.6. The summed E-state index contributed by atoms with van der Waals surface area (Å²) in [7, 11) is 0. The SMILES string of the molecule is CCOC(=O)N(CC(O)C[N+](=O)[O-])c1ccc(N2CCOCC2)c(F)c1. The van der Waals surface area contributed by atoms with Crippen molar-refractivity contribution in [2.75, 3.05) is 55.8 Å². The molecule has 1 aliphatic rings. The number of amides is 1. The molecule has 1 saturated heterocycles. The van der Waals surface area contributed by atoms with Gasteiger partial charge >= 0.3 is 6.09 Å². The van der Waals surface area contributed by atoms with Crippen LogP contribution in [0.15, 0.2) is 18.2 Å². The second-order valence-corrected chi connectivity index (χ2v) is 5.71. The maximum absolute atomic E-state index is 14.6. The summed E-state index contributed by atoms with van der Waals surface area (Å²) in [5.41, 5.74) is 0.534. The van der Waals surface area contributed by atoms with Crippen molar-refractivity contribution < 1.29 is 28.7 Å². The number of nitrogens with zero attached hydrogens (tertiary/aromatic N) is 3. The van der Waals surface area contributed by atoms with Crippen molar-refractivity contribution in [2.45, 2.75) is 13.0 Å². The highest BCUT2D eigenvalue weighted by Crippen LogP contribution is 2.26. The molecule has 1 aromatic carbocycles. The van der Waals surface area contributed by atoms with E-state index in [1.54, 1.807) is 6.92 Å². The fourth-order valence-corrected chi connectivity index (χ4v) is 2.65. The summed E-state index contributed by atoms with van der Waals surface area (Å²) in [4.78, 5) is 24.8. The Morgan fingerprint density at radius 1 is 1.50 bits per heavy atom. The van der Waals surface area contributed by atoms with E-state index in [4.69, 9.17) is 9.47 Å². The zero-order valence-electron chi connectivity index (χ0n) is 14.5. The van der Waals surface area contributed by atoms with Crippen molar-refractivity contribution in [3.05, 3.63) is 34.1 Å². The van der Waals surface area contributed by atoms with E-state index in [1.165, 1.54) is 12.1 Å². The molecule has 0 saturated carbocycles. The van der Waals surface area contributed by atoms with Gasteiger partial charge in [0.05, 0.1) is 37.7 Å². The van der Waals surface area contributed by atoms with Crippen LogP contribution in [0.5, 0.6) is 0 Å². The lowest BCUT2D eigenvalue weighted by Gasteiger charge is -2.30. The fraction of sp³-hybridized carbons (Fsp3) is 0.562. The molecule has 0 aliphatic carbocycles. The molecule has 0 aromatic heterocycles. The Morgan fingerprint density at radius 3 is 2.77 bits per heavy atom. The quantitative estimate of drug-likeness (QED) is 0.568. The summed E-state index contributed by atoms with van der Waals surface area (Å²) in [5.74, 6) is -0.539. The van der Waals surface area contributed by atoms with Crippen LogP contribution in [-0.4, -0.2) is 68.2 Å².